The third-order valence-electron chi connectivity index (χ3n) is 5.03. The van der Waals surface area contributed by atoms with Gasteiger partial charge in [-0.15, -0.1) is 0 Å². The molecule has 0 saturated carbocycles. The van der Waals surface area contributed by atoms with Crippen LogP contribution < -0.4 is 18.9 Å². The highest BCUT2D eigenvalue weighted by Crippen LogP contribution is 2.47. The van der Waals surface area contributed by atoms with Crippen LogP contribution in [0.2, 0.25) is 0 Å². The number of aliphatic hydroxyl groups is 1. The molecule has 1 heterocycles. The van der Waals surface area contributed by atoms with Crippen molar-refractivity contribution in [3.63, 3.8) is 0 Å². The van der Waals surface area contributed by atoms with Crippen molar-refractivity contribution in [2.24, 2.45) is 0 Å². The van der Waals surface area contributed by atoms with E-state index in [1.54, 1.807) is 21.3 Å². The molecule has 0 bridgehead atoms. The lowest BCUT2D eigenvalue weighted by molar-refractivity contribution is 0.0669. The highest BCUT2D eigenvalue weighted by Gasteiger charge is 2.31. The summed E-state index contributed by atoms with van der Waals surface area (Å²) in [6.07, 6.45) is -0.495. The second-order valence-corrected chi connectivity index (χ2v) is 6.52. The Bertz CT molecular complexity index is 957. The second-order valence-electron chi connectivity index (χ2n) is 6.52. The number of hydrogen-bond donors (Lipinski definition) is 1. The van der Waals surface area contributed by atoms with Gasteiger partial charge in [0.25, 0.3) is 0 Å². The van der Waals surface area contributed by atoms with Crippen LogP contribution in [0.15, 0.2) is 48.5 Å². The summed E-state index contributed by atoms with van der Waals surface area (Å²) in [7, 11) is 4.74. The third kappa shape index (κ3) is 2.94. The van der Waals surface area contributed by atoms with Gasteiger partial charge in [-0.2, -0.15) is 0 Å². The van der Waals surface area contributed by atoms with Gasteiger partial charge in [0.1, 0.15) is 11.9 Å². The normalized spacial score (nSPS) is 18.5. The van der Waals surface area contributed by atoms with Crippen LogP contribution in [-0.2, 0) is 0 Å². The molecule has 0 aromatic heterocycles. The van der Waals surface area contributed by atoms with Gasteiger partial charge in [0.15, 0.2) is 11.5 Å². The molecule has 1 N–H and O–H groups in total. The standard InChI is InChI=1S/C22H22O5/c1-24-19-10-14(11-20(25-2)22(19)26-3)18-12-16(23)21-15-7-5-4-6-13(15)8-9-17(21)27-18/h4-11,16,18,23H,12H2,1-3H3/t16?,18-/m0/s1. The molecule has 0 spiro atoms. The molecule has 4 rings (SSSR count). The van der Waals surface area contributed by atoms with E-state index in [1.165, 1.54) is 0 Å². The fourth-order valence-electron chi connectivity index (χ4n) is 3.74. The average molecular weight is 366 g/mol. The minimum atomic E-state index is -0.621. The molecule has 1 unspecified atom stereocenters. The zero-order valence-corrected chi connectivity index (χ0v) is 15.6. The van der Waals surface area contributed by atoms with Gasteiger partial charge < -0.3 is 24.1 Å². The fraction of sp³-hybridized carbons (Fsp3) is 0.273. The number of fused-ring (bicyclic) bond motifs is 3. The maximum atomic E-state index is 10.9. The zero-order valence-electron chi connectivity index (χ0n) is 15.6. The van der Waals surface area contributed by atoms with E-state index in [2.05, 4.69) is 0 Å². The quantitative estimate of drug-likeness (QED) is 0.741. The Morgan fingerprint density at radius 2 is 1.63 bits per heavy atom. The molecule has 140 valence electrons. The van der Waals surface area contributed by atoms with Crippen molar-refractivity contribution < 1.29 is 24.1 Å². The summed E-state index contributed by atoms with van der Waals surface area (Å²) in [5.74, 6) is 2.36. The molecule has 0 aliphatic carbocycles. The number of rotatable bonds is 4. The van der Waals surface area contributed by atoms with Gasteiger partial charge in [-0.3, -0.25) is 0 Å². The van der Waals surface area contributed by atoms with Crippen LogP contribution in [0.1, 0.15) is 29.8 Å². The molecule has 5 heteroatoms. The monoisotopic (exact) mass is 366 g/mol. The van der Waals surface area contributed by atoms with Crippen LogP contribution in [0.5, 0.6) is 23.0 Å². The topological polar surface area (TPSA) is 57.2 Å². The highest BCUT2D eigenvalue weighted by molar-refractivity contribution is 5.88. The molecule has 5 nitrogen and oxygen atoms in total. The molecule has 0 amide bonds. The second kappa shape index (κ2) is 7.00. The maximum Gasteiger partial charge on any atom is 0.203 e. The van der Waals surface area contributed by atoms with Crippen molar-refractivity contribution in [3.8, 4) is 23.0 Å². The van der Waals surface area contributed by atoms with E-state index in [9.17, 15) is 5.11 Å². The number of aliphatic hydroxyl groups excluding tert-OH is 1. The van der Waals surface area contributed by atoms with E-state index < -0.39 is 6.10 Å². The summed E-state index contributed by atoms with van der Waals surface area (Å²) in [6, 6.07) is 15.7. The van der Waals surface area contributed by atoms with Gasteiger partial charge in [0.2, 0.25) is 5.75 Å². The van der Waals surface area contributed by atoms with Crippen LogP contribution in [0, 0.1) is 0 Å². The van der Waals surface area contributed by atoms with Crippen molar-refractivity contribution in [3.05, 3.63) is 59.7 Å². The van der Waals surface area contributed by atoms with Crippen LogP contribution >= 0.6 is 0 Å². The maximum absolute atomic E-state index is 10.9. The molecule has 0 radical (unpaired) electrons. The Kier molecular flexibility index (Phi) is 4.54. The van der Waals surface area contributed by atoms with Crippen molar-refractivity contribution in [2.75, 3.05) is 21.3 Å². The minimum absolute atomic E-state index is 0.317. The Morgan fingerprint density at radius 3 is 2.30 bits per heavy atom. The van der Waals surface area contributed by atoms with Crippen molar-refractivity contribution in [1.29, 1.82) is 0 Å². The Balaban J connectivity index is 1.77. The van der Waals surface area contributed by atoms with E-state index in [-0.39, 0.29) is 6.10 Å². The molecule has 3 aromatic rings. The lowest BCUT2D eigenvalue weighted by atomic mass is 9.91. The molecule has 27 heavy (non-hydrogen) atoms. The van der Waals surface area contributed by atoms with Crippen molar-refractivity contribution in [2.45, 2.75) is 18.6 Å². The molecule has 3 aromatic carbocycles. The lowest BCUT2D eigenvalue weighted by Gasteiger charge is -2.31. The van der Waals surface area contributed by atoms with Crippen LogP contribution in [0.25, 0.3) is 10.8 Å². The average Bonchev–Trinajstić information content (AvgIpc) is 2.71. The Hall–Kier alpha value is -2.92. The summed E-state index contributed by atoms with van der Waals surface area (Å²) in [5.41, 5.74) is 1.71. The predicted molar refractivity (Wildman–Crippen MR) is 103 cm³/mol. The first kappa shape index (κ1) is 17.5. The van der Waals surface area contributed by atoms with Crippen molar-refractivity contribution >= 4 is 10.8 Å². The first-order valence-corrected chi connectivity index (χ1v) is 8.82. The fourth-order valence-corrected chi connectivity index (χ4v) is 3.74. The summed E-state index contributed by atoms with van der Waals surface area (Å²) in [5, 5.41) is 13.0. The molecule has 1 aliphatic rings. The first-order chi connectivity index (χ1) is 13.2. The molecule has 0 saturated heterocycles. The summed E-state index contributed by atoms with van der Waals surface area (Å²) in [6.45, 7) is 0. The molecule has 2 atom stereocenters. The predicted octanol–water partition coefficient (Wildman–Crippen LogP) is 4.42. The summed E-state index contributed by atoms with van der Waals surface area (Å²) < 4.78 is 22.5. The van der Waals surface area contributed by atoms with Gasteiger partial charge in [-0.25, -0.2) is 0 Å². The SMILES string of the molecule is COc1cc([C@@H]2CC(O)c3c(ccc4ccccc34)O2)cc(OC)c1OC. The van der Waals surface area contributed by atoms with Crippen LogP contribution in [-0.4, -0.2) is 26.4 Å². The van der Waals surface area contributed by atoms with Crippen LogP contribution in [0.3, 0.4) is 0 Å². The summed E-state index contributed by atoms with van der Waals surface area (Å²) >= 11 is 0. The number of methoxy groups -OCH3 is 3. The minimum Gasteiger partial charge on any atom is -0.493 e. The van der Waals surface area contributed by atoms with E-state index >= 15 is 0 Å². The van der Waals surface area contributed by atoms with E-state index in [0.717, 1.165) is 21.9 Å². The smallest absolute Gasteiger partial charge is 0.203 e. The summed E-state index contributed by atoms with van der Waals surface area (Å²) in [4.78, 5) is 0. The number of benzene rings is 3. The van der Waals surface area contributed by atoms with Gasteiger partial charge in [0, 0.05) is 17.5 Å². The van der Waals surface area contributed by atoms with E-state index in [4.69, 9.17) is 18.9 Å². The number of hydrogen-bond acceptors (Lipinski definition) is 5. The zero-order chi connectivity index (χ0) is 19.0. The Labute approximate surface area is 158 Å². The van der Waals surface area contributed by atoms with Gasteiger partial charge >= 0.3 is 0 Å². The van der Waals surface area contributed by atoms with Gasteiger partial charge in [0.05, 0.1) is 27.4 Å². The Morgan fingerprint density at radius 1 is 0.926 bits per heavy atom. The largest absolute Gasteiger partial charge is 0.493 e. The third-order valence-corrected chi connectivity index (χ3v) is 5.03. The lowest BCUT2D eigenvalue weighted by Crippen LogP contribution is -2.19. The van der Waals surface area contributed by atoms with Gasteiger partial charge in [-0.1, -0.05) is 30.3 Å². The molecule has 0 fully saturated rings. The van der Waals surface area contributed by atoms with E-state index in [0.29, 0.717) is 29.4 Å². The molecule has 1 aliphatic heterocycles. The van der Waals surface area contributed by atoms with Gasteiger partial charge in [-0.05, 0) is 29.0 Å². The first-order valence-electron chi connectivity index (χ1n) is 8.82. The molecular formula is C22H22O5. The highest BCUT2D eigenvalue weighted by atomic mass is 16.5. The number of ether oxygens (including phenoxy) is 4. The van der Waals surface area contributed by atoms with Crippen LogP contribution in [0.4, 0.5) is 0 Å². The molecular weight excluding hydrogens is 344 g/mol. The van der Waals surface area contributed by atoms with E-state index in [1.807, 2.05) is 48.5 Å². The van der Waals surface area contributed by atoms with Crippen molar-refractivity contribution in [1.82, 2.24) is 0 Å².